The smallest absolute Gasteiger partial charge is 0.366 e. The van der Waals surface area contributed by atoms with Crippen LogP contribution in [0.3, 0.4) is 0 Å². The lowest BCUT2D eigenvalue weighted by Gasteiger charge is -2.34. The molecule has 1 aliphatic rings. The van der Waals surface area contributed by atoms with Gasteiger partial charge in [0, 0.05) is 5.57 Å². The zero-order chi connectivity index (χ0) is 11.6. The summed E-state index contributed by atoms with van der Waals surface area (Å²) in [6, 6.07) is 0. The molecule has 1 rings (SSSR count). The molecule has 6 nitrogen and oxygen atoms in total. The summed E-state index contributed by atoms with van der Waals surface area (Å²) >= 11 is 0. The van der Waals surface area contributed by atoms with E-state index in [0.29, 0.717) is 5.57 Å². The van der Waals surface area contributed by atoms with Crippen molar-refractivity contribution in [3.63, 3.8) is 0 Å². The molecule has 0 spiro atoms. The second-order valence-electron chi connectivity index (χ2n) is 3.51. The number of ether oxygens (including phenoxy) is 1. The van der Waals surface area contributed by atoms with E-state index in [0.717, 1.165) is 0 Å². The van der Waals surface area contributed by atoms with Crippen molar-refractivity contribution in [1.82, 2.24) is 0 Å². The lowest BCUT2D eigenvalue weighted by atomic mass is 10.1. The summed E-state index contributed by atoms with van der Waals surface area (Å²) in [5, 5.41) is 24.7. The molecule has 0 aromatic heterocycles. The Morgan fingerprint density at radius 1 is 1.73 bits per heavy atom. The first-order valence-corrected chi connectivity index (χ1v) is 4.60. The van der Waals surface area contributed by atoms with Crippen LogP contribution in [0.5, 0.6) is 0 Å². The predicted molar refractivity (Wildman–Crippen MR) is 53.8 cm³/mol. The number of aliphatic hydroxyl groups is 1. The van der Waals surface area contributed by atoms with Crippen molar-refractivity contribution in [3.05, 3.63) is 16.5 Å². The van der Waals surface area contributed by atoms with Crippen LogP contribution < -0.4 is 0 Å². The van der Waals surface area contributed by atoms with Crippen LogP contribution in [-0.4, -0.2) is 41.7 Å². The highest BCUT2D eigenvalue weighted by Gasteiger charge is 2.30. The molecule has 0 fully saturated rings. The molecule has 0 radical (unpaired) electrons. The van der Waals surface area contributed by atoms with Crippen LogP contribution in [0, 0.1) is 5.21 Å². The molecule has 1 unspecified atom stereocenters. The summed E-state index contributed by atoms with van der Waals surface area (Å²) in [6.45, 7) is 3.43. The Labute approximate surface area is 87.6 Å². The Bertz CT molecular complexity index is 344. The average molecular weight is 214 g/mol. The van der Waals surface area contributed by atoms with Crippen LogP contribution in [0.25, 0.3) is 0 Å². The maximum atomic E-state index is 11.6. The normalized spacial score (nSPS) is 26.3. The molecule has 15 heavy (non-hydrogen) atoms. The van der Waals surface area contributed by atoms with Crippen molar-refractivity contribution in [1.29, 1.82) is 0 Å². The highest BCUT2D eigenvalue weighted by Crippen LogP contribution is 2.18. The molecule has 0 bridgehead atoms. The standard InChI is InChI=1S/C9H14N2O4/c1-4-15-9(13)7-8(12)6(2)5-11(3,14)10-7/h12H,4-5H2,1-3H3. The van der Waals surface area contributed by atoms with E-state index in [4.69, 9.17) is 0 Å². The van der Waals surface area contributed by atoms with Gasteiger partial charge in [-0.25, -0.2) is 9.55 Å². The van der Waals surface area contributed by atoms with Crippen molar-refractivity contribution >= 4 is 11.7 Å². The zero-order valence-electron chi connectivity index (χ0n) is 8.98. The van der Waals surface area contributed by atoms with Gasteiger partial charge < -0.3 is 15.1 Å². The molecule has 0 amide bonds. The Morgan fingerprint density at radius 3 is 2.87 bits per heavy atom. The van der Waals surface area contributed by atoms with Gasteiger partial charge in [-0.1, -0.05) is 5.10 Å². The van der Waals surface area contributed by atoms with E-state index >= 15 is 0 Å². The number of nitrogens with zero attached hydrogens (tertiary/aromatic N) is 2. The number of carbonyl (C=O) groups excluding carboxylic acids is 1. The molecular weight excluding hydrogens is 200 g/mol. The molecule has 1 N–H and O–H groups in total. The SMILES string of the molecule is CCOC(=O)C1=N[N+](C)([O-])CC(C)=C1O. The number of hydrogen-bond acceptors (Lipinski definition) is 5. The maximum Gasteiger partial charge on any atom is 0.366 e. The molecule has 0 aromatic rings. The number of hydroxylamine groups is 2. The summed E-state index contributed by atoms with van der Waals surface area (Å²) in [5.74, 6) is -1.02. The molecule has 1 aliphatic heterocycles. The minimum atomic E-state index is -0.954. The molecule has 0 saturated heterocycles. The first-order chi connectivity index (χ1) is 6.87. The Balaban J connectivity index is 3.03. The number of likely N-dealkylation sites (N-methyl/N-ethyl adjacent to an activating group) is 1. The Hall–Kier alpha value is -1.40. The number of carbonyl (C=O) groups is 1. The Kier molecular flexibility index (Phi) is 3.11. The number of quaternary nitrogens is 1. The molecule has 0 aromatic carbocycles. The van der Waals surface area contributed by atoms with Crippen LogP contribution in [-0.2, 0) is 9.53 Å². The largest absolute Gasteiger partial charge is 0.604 e. The Morgan fingerprint density at radius 2 is 2.33 bits per heavy atom. The van der Waals surface area contributed by atoms with Gasteiger partial charge in [-0.15, -0.1) is 0 Å². The third kappa shape index (κ3) is 2.54. The second kappa shape index (κ2) is 4.00. The van der Waals surface area contributed by atoms with Gasteiger partial charge in [-0.05, 0) is 13.8 Å². The van der Waals surface area contributed by atoms with E-state index in [1.807, 2.05) is 0 Å². The van der Waals surface area contributed by atoms with Crippen LogP contribution in [0.2, 0.25) is 0 Å². The van der Waals surface area contributed by atoms with Gasteiger partial charge in [0.2, 0.25) is 5.71 Å². The summed E-state index contributed by atoms with van der Waals surface area (Å²) in [5.41, 5.74) is 0.142. The van der Waals surface area contributed by atoms with Gasteiger partial charge in [0.25, 0.3) is 0 Å². The number of rotatable bonds is 2. The predicted octanol–water partition coefficient (Wildman–Crippen LogP) is 0.696. The number of esters is 1. The highest BCUT2D eigenvalue weighted by atomic mass is 16.6. The molecule has 1 heterocycles. The molecule has 0 saturated carbocycles. The molecule has 6 heteroatoms. The van der Waals surface area contributed by atoms with Crippen molar-refractivity contribution in [2.75, 3.05) is 20.2 Å². The van der Waals surface area contributed by atoms with Crippen LogP contribution in [0.15, 0.2) is 16.4 Å². The lowest BCUT2D eigenvalue weighted by molar-refractivity contribution is -0.863. The average Bonchev–Trinajstić information content (AvgIpc) is 2.11. The monoisotopic (exact) mass is 214 g/mol. The van der Waals surface area contributed by atoms with Crippen molar-refractivity contribution in [2.45, 2.75) is 13.8 Å². The summed E-state index contributed by atoms with van der Waals surface area (Å²) in [4.78, 5) is 11.3. The van der Waals surface area contributed by atoms with Crippen molar-refractivity contribution in [2.24, 2.45) is 5.10 Å². The summed E-state index contributed by atoms with van der Waals surface area (Å²) < 4.78 is 3.73. The van der Waals surface area contributed by atoms with Crippen molar-refractivity contribution < 1.29 is 19.4 Å². The van der Waals surface area contributed by atoms with E-state index in [9.17, 15) is 15.1 Å². The quantitative estimate of drug-likeness (QED) is 0.416. The first-order valence-electron chi connectivity index (χ1n) is 4.60. The molecule has 1 atom stereocenters. The highest BCUT2D eigenvalue weighted by molar-refractivity contribution is 6.42. The van der Waals surface area contributed by atoms with Gasteiger partial charge in [-0.3, -0.25) is 0 Å². The fourth-order valence-electron chi connectivity index (χ4n) is 1.35. The van der Waals surface area contributed by atoms with E-state index in [1.165, 1.54) is 7.05 Å². The van der Waals surface area contributed by atoms with Gasteiger partial charge in [-0.2, -0.15) is 0 Å². The van der Waals surface area contributed by atoms with E-state index in [2.05, 4.69) is 9.84 Å². The van der Waals surface area contributed by atoms with E-state index < -0.39 is 10.7 Å². The lowest BCUT2D eigenvalue weighted by Crippen LogP contribution is -2.41. The minimum Gasteiger partial charge on any atom is -0.604 e. The maximum absolute atomic E-state index is 11.6. The van der Waals surface area contributed by atoms with Gasteiger partial charge in [0.1, 0.15) is 6.54 Å². The third-order valence-electron chi connectivity index (χ3n) is 1.94. The molecule has 0 aliphatic carbocycles. The number of hydrogen-bond donors (Lipinski definition) is 1. The third-order valence-corrected chi connectivity index (χ3v) is 1.94. The summed E-state index contributed by atoms with van der Waals surface area (Å²) in [6.07, 6.45) is 0. The van der Waals surface area contributed by atoms with Gasteiger partial charge >= 0.3 is 5.97 Å². The second-order valence-corrected chi connectivity index (χ2v) is 3.51. The first kappa shape index (κ1) is 11.7. The molecule has 84 valence electrons. The fraction of sp³-hybridized carbons (Fsp3) is 0.556. The zero-order valence-corrected chi connectivity index (χ0v) is 8.98. The fourth-order valence-corrected chi connectivity index (χ4v) is 1.35. The van der Waals surface area contributed by atoms with E-state index in [1.54, 1.807) is 13.8 Å². The van der Waals surface area contributed by atoms with E-state index in [-0.39, 0.29) is 24.6 Å². The van der Waals surface area contributed by atoms with Crippen LogP contribution in [0.1, 0.15) is 13.8 Å². The summed E-state index contributed by atoms with van der Waals surface area (Å²) in [7, 11) is 1.30. The number of aliphatic hydroxyl groups excluding tert-OH is 1. The van der Waals surface area contributed by atoms with Gasteiger partial charge in [0.15, 0.2) is 5.76 Å². The van der Waals surface area contributed by atoms with Crippen LogP contribution in [0.4, 0.5) is 0 Å². The molecular formula is C9H14N2O4. The van der Waals surface area contributed by atoms with Gasteiger partial charge in [0.05, 0.1) is 13.7 Å². The topological polar surface area (TPSA) is 82.0 Å². The van der Waals surface area contributed by atoms with Crippen LogP contribution >= 0.6 is 0 Å². The van der Waals surface area contributed by atoms with Crippen molar-refractivity contribution in [3.8, 4) is 0 Å². The minimum absolute atomic E-state index is 0.0364.